The summed E-state index contributed by atoms with van der Waals surface area (Å²) in [6.07, 6.45) is 3.03. The highest BCUT2D eigenvalue weighted by Gasteiger charge is 2.03. The lowest BCUT2D eigenvalue weighted by Gasteiger charge is -2.10. The summed E-state index contributed by atoms with van der Waals surface area (Å²) in [7, 11) is 1.62. The Morgan fingerprint density at radius 3 is 2.88 bits per heavy atom. The van der Waals surface area contributed by atoms with Crippen LogP contribution in [0.5, 0.6) is 5.75 Å². The highest BCUT2D eigenvalue weighted by Crippen LogP contribution is 2.18. The number of ether oxygens (including phenoxy) is 1. The second-order valence-corrected chi connectivity index (χ2v) is 3.62. The number of methoxy groups -OCH3 is 1. The van der Waals surface area contributed by atoms with E-state index >= 15 is 0 Å². The normalized spacial score (nSPS) is 10.2. The molecule has 0 fully saturated rings. The molecule has 1 aromatic carbocycles. The van der Waals surface area contributed by atoms with Crippen molar-refractivity contribution in [3.05, 3.63) is 52.7 Å². The van der Waals surface area contributed by atoms with Crippen LogP contribution >= 0.6 is 0 Å². The Labute approximate surface area is 98.5 Å². The van der Waals surface area contributed by atoms with E-state index in [2.05, 4.69) is 4.98 Å². The van der Waals surface area contributed by atoms with Gasteiger partial charge in [0.15, 0.2) is 0 Å². The molecular weight excluding hydrogens is 218 g/mol. The van der Waals surface area contributed by atoms with Crippen LogP contribution < -0.4 is 16.0 Å². The van der Waals surface area contributed by atoms with Gasteiger partial charge in [-0.1, -0.05) is 18.2 Å². The summed E-state index contributed by atoms with van der Waals surface area (Å²) in [5, 5.41) is 0. The van der Waals surface area contributed by atoms with Gasteiger partial charge in [-0.2, -0.15) is 4.98 Å². The van der Waals surface area contributed by atoms with Crippen LogP contribution in [0.4, 0.5) is 5.69 Å². The van der Waals surface area contributed by atoms with Crippen LogP contribution in [0.15, 0.2) is 41.6 Å². The summed E-state index contributed by atoms with van der Waals surface area (Å²) in [4.78, 5) is 14.7. The molecule has 0 bridgehead atoms. The van der Waals surface area contributed by atoms with Crippen molar-refractivity contribution >= 4 is 5.69 Å². The molecule has 0 unspecified atom stereocenters. The Balaban J connectivity index is 2.31. The fraction of sp³-hybridized carbons (Fsp3) is 0.167. The maximum Gasteiger partial charge on any atom is 0.295 e. The third-order valence-corrected chi connectivity index (χ3v) is 2.42. The number of nitrogens with two attached hydrogens (primary N) is 1. The molecule has 2 N–H and O–H groups in total. The summed E-state index contributed by atoms with van der Waals surface area (Å²) < 4.78 is 6.99. The molecule has 2 aromatic rings. The van der Waals surface area contributed by atoms with Gasteiger partial charge in [-0.25, -0.2) is 0 Å². The highest BCUT2D eigenvalue weighted by molar-refractivity contribution is 5.35. The lowest BCUT2D eigenvalue weighted by Crippen LogP contribution is -2.15. The number of hydrogen-bond acceptors (Lipinski definition) is 4. The van der Waals surface area contributed by atoms with Gasteiger partial charge in [0.1, 0.15) is 11.4 Å². The maximum atomic E-state index is 11.1. The van der Waals surface area contributed by atoms with Gasteiger partial charge < -0.3 is 15.0 Å². The number of rotatable bonds is 3. The summed E-state index contributed by atoms with van der Waals surface area (Å²) in [6.45, 7) is 0.557. The average Bonchev–Trinajstić information content (AvgIpc) is 2.34. The Morgan fingerprint density at radius 1 is 1.41 bits per heavy atom. The van der Waals surface area contributed by atoms with Crippen LogP contribution in [0.2, 0.25) is 0 Å². The second-order valence-electron chi connectivity index (χ2n) is 3.62. The van der Waals surface area contributed by atoms with E-state index in [1.54, 1.807) is 17.9 Å². The van der Waals surface area contributed by atoms with Crippen LogP contribution in [0, 0.1) is 0 Å². The van der Waals surface area contributed by atoms with E-state index in [4.69, 9.17) is 10.5 Å². The second kappa shape index (κ2) is 4.69. The van der Waals surface area contributed by atoms with E-state index in [-0.39, 0.29) is 5.69 Å². The van der Waals surface area contributed by atoms with Gasteiger partial charge in [0.05, 0.1) is 20.0 Å². The Hall–Kier alpha value is -2.30. The van der Waals surface area contributed by atoms with Gasteiger partial charge in [0, 0.05) is 11.8 Å². The third-order valence-electron chi connectivity index (χ3n) is 2.42. The fourth-order valence-electron chi connectivity index (χ4n) is 1.59. The molecule has 0 saturated carbocycles. The molecular formula is C12H13N3O2. The molecule has 5 nitrogen and oxygen atoms in total. The van der Waals surface area contributed by atoms with Gasteiger partial charge in [0.25, 0.3) is 5.56 Å². The smallest absolute Gasteiger partial charge is 0.295 e. The first kappa shape index (κ1) is 11.2. The minimum absolute atomic E-state index is 0.141. The van der Waals surface area contributed by atoms with Crippen molar-refractivity contribution in [3.63, 3.8) is 0 Å². The average molecular weight is 231 g/mol. The van der Waals surface area contributed by atoms with E-state index in [0.29, 0.717) is 6.54 Å². The van der Waals surface area contributed by atoms with Crippen molar-refractivity contribution in [2.75, 3.05) is 12.8 Å². The number of anilines is 1. The van der Waals surface area contributed by atoms with Crippen LogP contribution in [0.1, 0.15) is 5.56 Å². The third kappa shape index (κ3) is 2.44. The summed E-state index contributed by atoms with van der Waals surface area (Å²) in [5.41, 5.74) is 6.26. The summed E-state index contributed by atoms with van der Waals surface area (Å²) >= 11 is 0. The van der Waals surface area contributed by atoms with Crippen LogP contribution in [-0.4, -0.2) is 16.7 Å². The zero-order valence-corrected chi connectivity index (χ0v) is 9.46. The molecule has 0 aliphatic rings. The van der Waals surface area contributed by atoms with Gasteiger partial charge in [-0.3, -0.25) is 4.79 Å². The number of aromatic nitrogens is 2. The zero-order valence-electron chi connectivity index (χ0n) is 9.46. The molecule has 0 atom stereocenters. The topological polar surface area (TPSA) is 70.1 Å². The quantitative estimate of drug-likeness (QED) is 0.851. The van der Waals surface area contributed by atoms with E-state index in [9.17, 15) is 4.79 Å². The summed E-state index contributed by atoms with van der Waals surface area (Å²) in [5.74, 6) is 0.796. The van der Waals surface area contributed by atoms with E-state index in [1.807, 2.05) is 24.3 Å². The predicted octanol–water partition coefficient (Wildman–Crippen LogP) is 0.882. The zero-order chi connectivity index (χ0) is 12.3. The fourth-order valence-corrected chi connectivity index (χ4v) is 1.59. The van der Waals surface area contributed by atoms with Gasteiger partial charge in [-0.05, 0) is 6.07 Å². The van der Waals surface area contributed by atoms with Crippen molar-refractivity contribution in [3.8, 4) is 5.75 Å². The molecule has 0 radical (unpaired) electrons. The Kier molecular flexibility index (Phi) is 3.09. The standard InChI is InChI=1S/C12H13N3O2/c1-17-11-5-3-2-4-9(11)6-15-7-10(13)12(16)14-8-15/h2-5,7-8H,6,13H2,1H3. The first-order valence-corrected chi connectivity index (χ1v) is 5.14. The van der Waals surface area contributed by atoms with Gasteiger partial charge in [-0.15, -0.1) is 0 Å². The molecule has 0 amide bonds. The molecule has 88 valence electrons. The molecule has 1 aromatic heterocycles. The number of nitrogens with zero attached hydrogens (tertiary/aromatic N) is 2. The lowest BCUT2D eigenvalue weighted by molar-refractivity contribution is 0.408. The molecule has 17 heavy (non-hydrogen) atoms. The summed E-state index contributed by atoms with van der Waals surface area (Å²) in [6, 6.07) is 7.67. The number of hydrogen-bond donors (Lipinski definition) is 1. The largest absolute Gasteiger partial charge is 0.496 e. The molecule has 0 aliphatic carbocycles. The van der Waals surface area contributed by atoms with Crippen molar-refractivity contribution in [2.24, 2.45) is 0 Å². The molecule has 1 heterocycles. The molecule has 0 spiro atoms. The van der Waals surface area contributed by atoms with Crippen LogP contribution in [-0.2, 0) is 6.54 Å². The predicted molar refractivity (Wildman–Crippen MR) is 65.0 cm³/mol. The van der Waals surface area contributed by atoms with Gasteiger partial charge in [0.2, 0.25) is 0 Å². The number of para-hydroxylation sites is 1. The van der Waals surface area contributed by atoms with Crippen molar-refractivity contribution in [2.45, 2.75) is 6.54 Å². The van der Waals surface area contributed by atoms with E-state index in [1.165, 1.54) is 6.33 Å². The van der Waals surface area contributed by atoms with E-state index in [0.717, 1.165) is 11.3 Å². The first-order chi connectivity index (χ1) is 8.20. The van der Waals surface area contributed by atoms with E-state index < -0.39 is 5.56 Å². The molecule has 5 heteroatoms. The molecule has 0 aliphatic heterocycles. The lowest BCUT2D eigenvalue weighted by atomic mass is 10.2. The molecule has 2 rings (SSSR count). The van der Waals surface area contributed by atoms with Crippen molar-refractivity contribution in [1.82, 2.24) is 9.55 Å². The van der Waals surface area contributed by atoms with Crippen LogP contribution in [0.25, 0.3) is 0 Å². The van der Waals surface area contributed by atoms with Crippen molar-refractivity contribution in [1.29, 1.82) is 0 Å². The highest BCUT2D eigenvalue weighted by atomic mass is 16.5. The molecule has 0 saturated heterocycles. The Bertz CT molecular complexity index is 578. The number of benzene rings is 1. The Morgan fingerprint density at radius 2 is 2.18 bits per heavy atom. The monoisotopic (exact) mass is 231 g/mol. The SMILES string of the molecule is COc1ccccc1Cn1cnc(=O)c(N)c1. The number of nitrogen functional groups attached to an aromatic ring is 1. The minimum Gasteiger partial charge on any atom is -0.496 e. The van der Waals surface area contributed by atoms with Gasteiger partial charge >= 0.3 is 0 Å². The van der Waals surface area contributed by atoms with Crippen molar-refractivity contribution < 1.29 is 4.74 Å². The van der Waals surface area contributed by atoms with Crippen LogP contribution in [0.3, 0.4) is 0 Å². The minimum atomic E-state index is -0.402. The maximum absolute atomic E-state index is 11.1. The first-order valence-electron chi connectivity index (χ1n) is 5.14.